The molecule has 1 aromatic heterocycles. The van der Waals surface area contributed by atoms with Crippen molar-refractivity contribution in [2.24, 2.45) is 0 Å². The Bertz CT molecular complexity index is 544. The van der Waals surface area contributed by atoms with Gasteiger partial charge in [-0.15, -0.1) is 0 Å². The second kappa shape index (κ2) is 4.56. The fourth-order valence-corrected chi connectivity index (χ4v) is 1.24. The highest BCUT2D eigenvalue weighted by atomic mass is 19.1. The molecule has 1 amide bonds. The van der Waals surface area contributed by atoms with Crippen LogP contribution in [-0.2, 0) is 0 Å². The van der Waals surface area contributed by atoms with E-state index < -0.39 is 11.7 Å². The van der Waals surface area contributed by atoms with Crippen molar-refractivity contribution in [1.82, 2.24) is 9.97 Å². The number of nitrogens with two attached hydrogens (primary N) is 1. The van der Waals surface area contributed by atoms with E-state index in [4.69, 9.17) is 5.73 Å². The number of carbonyl (C=O) groups is 1. The highest BCUT2D eigenvalue weighted by Gasteiger charge is 2.09. The minimum absolute atomic E-state index is 0.0630. The highest BCUT2D eigenvalue weighted by molar-refractivity contribution is 6.03. The molecule has 0 saturated carbocycles. The van der Waals surface area contributed by atoms with Crippen LogP contribution in [0, 0.1) is 5.82 Å². The van der Waals surface area contributed by atoms with Crippen LogP contribution < -0.4 is 11.1 Å². The zero-order valence-corrected chi connectivity index (χ0v) is 8.72. The second-order valence-corrected chi connectivity index (χ2v) is 3.32. The standard InChI is InChI=1S/C11H9FN4O/c12-9-3-8(13)1-2-10(9)16-11(17)7-4-14-6-15-5-7/h1-6H,13H2,(H,16,17). The smallest absolute Gasteiger partial charge is 0.258 e. The average Bonchev–Trinajstić information content (AvgIpc) is 2.34. The number of benzene rings is 1. The van der Waals surface area contributed by atoms with Crippen LogP contribution in [-0.4, -0.2) is 15.9 Å². The summed E-state index contributed by atoms with van der Waals surface area (Å²) in [6.45, 7) is 0. The van der Waals surface area contributed by atoms with E-state index in [9.17, 15) is 9.18 Å². The third-order valence-electron chi connectivity index (χ3n) is 2.06. The summed E-state index contributed by atoms with van der Waals surface area (Å²) in [5, 5.41) is 2.40. The van der Waals surface area contributed by atoms with Crippen molar-refractivity contribution in [1.29, 1.82) is 0 Å². The lowest BCUT2D eigenvalue weighted by atomic mass is 10.2. The quantitative estimate of drug-likeness (QED) is 0.768. The minimum Gasteiger partial charge on any atom is -0.399 e. The maximum Gasteiger partial charge on any atom is 0.258 e. The first-order chi connectivity index (χ1) is 8.16. The number of hydrogen-bond donors (Lipinski definition) is 2. The van der Waals surface area contributed by atoms with Gasteiger partial charge in [0.1, 0.15) is 12.1 Å². The summed E-state index contributed by atoms with van der Waals surface area (Å²) in [6, 6.07) is 4.03. The molecule has 0 radical (unpaired) electrons. The number of nitrogens with zero attached hydrogens (tertiary/aromatic N) is 2. The summed E-state index contributed by atoms with van der Waals surface area (Å²) in [7, 11) is 0. The zero-order valence-electron chi connectivity index (χ0n) is 8.72. The van der Waals surface area contributed by atoms with Crippen LogP contribution in [0.1, 0.15) is 10.4 Å². The number of nitrogens with one attached hydrogen (secondary N) is 1. The Labute approximate surface area is 96.5 Å². The van der Waals surface area contributed by atoms with Gasteiger partial charge in [-0.25, -0.2) is 14.4 Å². The van der Waals surface area contributed by atoms with Crippen LogP contribution >= 0.6 is 0 Å². The molecule has 2 aromatic rings. The van der Waals surface area contributed by atoms with Crippen molar-refractivity contribution in [3.63, 3.8) is 0 Å². The summed E-state index contributed by atoms with van der Waals surface area (Å²) >= 11 is 0. The van der Waals surface area contributed by atoms with E-state index >= 15 is 0 Å². The zero-order chi connectivity index (χ0) is 12.3. The molecule has 0 aliphatic heterocycles. The Kier molecular flexibility index (Phi) is 2.95. The first kappa shape index (κ1) is 11.0. The van der Waals surface area contributed by atoms with Gasteiger partial charge in [0.2, 0.25) is 0 Å². The van der Waals surface area contributed by atoms with Crippen LogP contribution in [0.3, 0.4) is 0 Å². The van der Waals surface area contributed by atoms with Crippen LogP contribution in [0.4, 0.5) is 15.8 Å². The van der Waals surface area contributed by atoms with E-state index in [0.29, 0.717) is 5.69 Å². The minimum atomic E-state index is -0.588. The Morgan fingerprint density at radius 3 is 2.65 bits per heavy atom. The summed E-state index contributed by atoms with van der Waals surface area (Å²) in [5.41, 5.74) is 6.01. The number of carbonyl (C=O) groups excluding carboxylic acids is 1. The predicted molar refractivity (Wildman–Crippen MR) is 60.8 cm³/mol. The van der Waals surface area contributed by atoms with Crippen LogP contribution in [0.2, 0.25) is 0 Å². The van der Waals surface area contributed by atoms with Gasteiger partial charge in [0.25, 0.3) is 5.91 Å². The third kappa shape index (κ3) is 2.54. The predicted octanol–water partition coefficient (Wildman–Crippen LogP) is 1.45. The molecule has 5 nitrogen and oxygen atoms in total. The van der Waals surface area contributed by atoms with Crippen molar-refractivity contribution in [3.05, 3.63) is 48.3 Å². The summed E-state index contributed by atoms with van der Waals surface area (Å²) in [5.74, 6) is -1.07. The van der Waals surface area contributed by atoms with Crippen molar-refractivity contribution >= 4 is 17.3 Å². The van der Waals surface area contributed by atoms with Gasteiger partial charge < -0.3 is 11.1 Å². The van der Waals surface area contributed by atoms with E-state index in [1.54, 1.807) is 0 Å². The van der Waals surface area contributed by atoms with Gasteiger partial charge in [-0.05, 0) is 18.2 Å². The molecule has 1 aromatic carbocycles. The van der Waals surface area contributed by atoms with Gasteiger partial charge in [0.15, 0.2) is 0 Å². The van der Waals surface area contributed by atoms with Crippen molar-refractivity contribution in [3.8, 4) is 0 Å². The van der Waals surface area contributed by atoms with E-state index in [2.05, 4.69) is 15.3 Å². The van der Waals surface area contributed by atoms with Gasteiger partial charge in [-0.2, -0.15) is 0 Å². The summed E-state index contributed by atoms with van der Waals surface area (Å²) in [4.78, 5) is 19.1. The molecule has 3 N–H and O–H groups in total. The topological polar surface area (TPSA) is 80.9 Å². The molecule has 0 bridgehead atoms. The third-order valence-corrected chi connectivity index (χ3v) is 2.06. The van der Waals surface area contributed by atoms with Gasteiger partial charge in [-0.3, -0.25) is 4.79 Å². The lowest BCUT2D eigenvalue weighted by Crippen LogP contribution is -2.13. The molecular formula is C11H9FN4O. The molecular weight excluding hydrogens is 223 g/mol. The Morgan fingerprint density at radius 2 is 2.00 bits per heavy atom. The number of amides is 1. The SMILES string of the molecule is Nc1ccc(NC(=O)c2cncnc2)c(F)c1. The Hall–Kier alpha value is -2.50. The highest BCUT2D eigenvalue weighted by Crippen LogP contribution is 2.17. The van der Waals surface area contributed by atoms with E-state index in [1.165, 1.54) is 30.9 Å². The van der Waals surface area contributed by atoms with E-state index in [0.717, 1.165) is 6.07 Å². The molecule has 0 fully saturated rings. The van der Waals surface area contributed by atoms with E-state index in [1.807, 2.05) is 0 Å². The number of nitrogen functional groups attached to an aromatic ring is 1. The van der Waals surface area contributed by atoms with Crippen molar-refractivity contribution in [2.45, 2.75) is 0 Å². The summed E-state index contributed by atoms with van der Waals surface area (Å²) < 4.78 is 13.4. The molecule has 0 spiro atoms. The number of halogens is 1. The molecule has 0 unspecified atom stereocenters. The lowest BCUT2D eigenvalue weighted by molar-refractivity contribution is 0.102. The number of anilines is 2. The maximum absolute atomic E-state index is 13.4. The maximum atomic E-state index is 13.4. The van der Waals surface area contributed by atoms with Crippen molar-refractivity contribution < 1.29 is 9.18 Å². The van der Waals surface area contributed by atoms with E-state index in [-0.39, 0.29) is 11.3 Å². The molecule has 0 aliphatic carbocycles. The second-order valence-electron chi connectivity index (χ2n) is 3.32. The molecule has 1 heterocycles. The number of rotatable bonds is 2. The monoisotopic (exact) mass is 232 g/mol. The van der Waals surface area contributed by atoms with Crippen LogP contribution in [0.5, 0.6) is 0 Å². The Balaban J connectivity index is 2.19. The lowest BCUT2D eigenvalue weighted by Gasteiger charge is -2.06. The van der Waals surface area contributed by atoms with Crippen LogP contribution in [0.25, 0.3) is 0 Å². The largest absolute Gasteiger partial charge is 0.399 e. The van der Waals surface area contributed by atoms with Gasteiger partial charge in [0, 0.05) is 18.1 Å². The molecule has 0 aliphatic rings. The first-order valence-corrected chi connectivity index (χ1v) is 4.78. The van der Waals surface area contributed by atoms with Crippen molar-refractivity contribution in [2.75, 3.05) is 11.1 Å². The van der Waals surface area contributed by atoms with Gasteiger partial charge in [0.05, 0.1) is 11.3 Å². The normalized spacial score (nSPS) is 9.94. The molecule has 0 atom stereocenters. The van der Waals surface area contributed by atoms with Crippen LogP contribution in [0.15, 0.2) is 36.9 Å². The molecule has 86 valence electrons. The summed E-state index contributed by atoms with van der Waals surface area (Å²) in [6.07, 6.45) is 4.00. The fourth-order valence-electron chi connectivity index (χ4n) is 1.24. The number of aromatic nitrogens is 2. The molecule has 17 heavy (non-hydrogen) atoms. The fraction of sp³-hybridized carbons (Fsp3) is 0. The first-order valence-electron chi connectivity index (χ1n) is 4.78. The van der Waals surface area contributed by atoms with Gasteiger partial charge in [-0.1, -0.05) is 0 Å². The number of hydrogen-bond acceptors (Lipinski definition) is 4. The average molecular weight is 232 g/mol. The molecule has 0 saturated heterocycles. The van der Waals surface area contributed by atoms with Gasteiger partial charge >= 0.3 is 0 Å². The molecule has 6 heteroatoms. The Morgan fingerprint density at radius 1 is 1.29 bits per heavy atom. The molecule has 2 rings (SSSR count).